The van der Waals surface area contributed by atoms with E-state index in [0.717, 1.165) is 18.7 Å². The highest BCUT2D eigenvalue weighted by Gasteiger charge is 2.10. The van der Waals surface area contributed by atoms with E-state index in [1.807, 2.05) is 14.0 Å². The standard InChI is InChI=1S/C14H20ClFN2/c1-4-10(2)14(7-8-17-3)18-11-5-6-13(16)12(15)9-11/h4-6,9,14,17-18H,7-8H2,1-3H3/b10-4+. The summed E-state index contributed by atoms with van der Waals surface area (Å²) in [5.74, 6) is -0.392. The van der Waals surface area contributed by atoms with Crippen LogP contribution in [0.3, 0.4) is 0 Å². The highest BCUT2D eigenvalue weighted by molar-refractivity contribution is 6.31. The van der Waals surface area contributed by atoms with Gasteiger partial charge < -0.3 is 10.6 Å². The Balaban J connectivity index is 2.78. The Bertz CT molecular complexity index is 418. The van der Waals surface area contributed by atoms with Crippen molar-refractivity contribution in [2.45, 2.75) is 26.3 Å². The summed E-state index contributed by atoms with van der Waals surface area (Å²) in [7, 11) is 1.93. The van der Waals surface area contributed by atoms with Crippen LogP contribution < -0.4 is 10.6 Å². The van der Waals surface area contributed by atoms with Crippen LogP contribution in [0.5, 0.6) is 0 Å². The molecular formula is C14H20ClFN2. The molecule has 0 bridgehead atoms. The Labute approximate surface area is 113 Å². The Morgan fingerprint density at radius 3 is 2.78 bits per heavy atom. The molecule has 0 amide bonds. The highest BCUT2D eigenvalue weighted by atomic mass is 35.5. The number of hydrogen-bond donors (Lipinski definition) is 2. The van der Waals surface area contributed by atoms with Crippen LogP contribution in [0, 0.1) is 5.82 Å². The minimum absolute atomic E-state index is 0.144. The maximum Gasteiger partial charge on any atom is 0.141 e. The van der Waals surface area contributed by atoms with E-state index in [0.29, 0.717) is 0 Å². The molecule has 2 nitrogen and oxygen atoms in total. The minimum Gasteiger partial charge on any atom is -0.378 e. The SMILES string of the molecule is C/C=C(\C)C(CCNC)Nc1ccc(F)c(Cl)c1. The summed E-state index contributed by atoms with van der Waals surface area (Å²) in [6, 6.07) is 4.93. The monoisotopic (exact) mass is 270 g/mol. The van der Waals surface area contributed by atoms with E-state index in [-0.39, 0.29) is 11.1 Å². The van der Waals surface area contributed by atoms with E-state index in [1.165, 1.54) is 11.6 Å². The average molecular weight is 271 g/mol. The fourth-order valence-electron chi connectivity index (χ4n) is 1.69. The van der Waals surface area contributed by atoms with Crippen LogP contribution >= 0.6 is 11.6 Å². The molecule has 0 saturated carbocycles. The second-order valence-corrected chi connectivity index (χ2v) is 4.66. The van der Waals surface area contributed by atoms with Crippen molar-refractivity contribution in [1.29, 1.82) is 0 Å². The van der Waals surface area contributed by atoms with Crippen LogP contribution in [-0.2, 0) is 0 Å². The Morgan fingerprint density at radius 1 is 1.50 bits per heavy atom. The van der Waals surface area contributed by atoms with Crippen molar-refractivity contribution in [2.24, 2.45) is 0 Å². The molecule has 100 valence electrons. The molecule has 0 aromatic heterocycles. The van der Waals surface area contributed by atoms with Crippen molar-refractivity contribution >= 4 is 17.3 Å². The lowest BCUT2D eigenvalue weighted by molar-refractivity contribution is 0.628. The lowest BCUT2D eigenvalue weighted by Crippen LogP contribution is -2.25. The lowest BCUT2D eigenvalue weighted by Gasteiger charge is -2.21. The van der Waals surface area contributed by atoms with Gasteiger partial charge in [-0.2, -0.15) is 0 Å². The number of benzene rings is 1. The zero-order valence-corrected chi connectivity index (χ0v) is 11.8. The number of anilines is 1. The molecule has 18 heavy (non-hydrogen) atoms. The minimum atomic E-state index is -0.392. The zero-order valence-electron chi connectivity index (χ0n) is 11.1. The van der Waals surface area contributed by atoms with Gasteiger partial charge in [-0.1, -0.05) is 23.3 Å². The third-order valence-corrected chi connectivity index (χ3v) is 3.24. The van der Waals surface area contributed by atoms with Crippen molar-refractivity contribution in [1.82, 2.24) is 5.32 Å². The molecule has 0 heterocycles. The van der Waals surface area contributed by atoms with Gasteiger partial charge in [-0.05, 0) is 52.1 Å². The summed E-state index contributed by atoms with van der Waals surface area (Å²) in [5, 5.41) is 6.65. The Hall–Kier alpha value is -1.06. The molecule has 0 aliphatic rings. The Kier molecular flexibility index (Phi) is 6.16. The molecule has 4 heteroatoms. The quantitative estimate of drug-likeness (QED) is 0.768. The number of rotatable bonds is 6. The second-order valence-electron chi connectivity index (χ2n) is 4.25. The predicted octanol–water partition coefficient (Wildman–Crippen LogP) is 3.84. The van der Waals surface area contributed by atoms with Gasteiger partial charge in [0.15, 0.2) is 0 Å². The van der Waals surface area contributed by atoms with E-state index in [1.54, 1.807) is 12.1 Å². The molecule has 0 fully saturated rings. The van der Waals surface area contributed by atoms with Crippen molar-refractivity contribution in [3.05, 3.63) is 40.7 Å². The van der Waals surface area contributed by atoms with Crippen molar-refractivity contribution in [3.8, 4) is 0 Å². The van der Waals surface area contributed by atoms with E-state index < -0.39 is 5.82 Å². The molecule has 1 rings (SSSR count). The number of allylic oxidation sites excluding steroid dienone is 1. The zero-order chi connectivity index (χ0) is 13.5. The summed E-state index contributed by atoms with van der Waals surface area (Å²) in [6.07, 6.45) is 3.04. The van der Waals surface area contributed by atoms with E-state index in [9.17, 15) is 4.39 Å². The van der Waals surface area contributed by atoms with Crippen molar-refractivity contribution in [2.75, 3.05) is 18.9 Å². The van der Waals surface area contributed by atoms with E-state index in [4.69, 9.17) is 11.6 Å². The average Bonchev–Trinajstić information content (AvgIpc) is 2.37. The topological polar surface area (TPSA) is 24.1 Å². The first-order chi connectivity index (χ1) is 8.58. The third kappa shape index (κ3) is 4.31. The molecule has 1 unspecified atom stereocenters. The molecule has 0 saturated heterocycles. The maximum atomic E-state index is 13.1. The van der Waals surface area contributed by atoms with Crippen LogP contribution in [0.2, 0.25) is 5.02 Å². The second kappa shape index (κ2) is 7.39. The van der Waals surface area contributed by atoms with Crippen LogP contribution in [0.4, 0.5) is 10.1 Å². The first-order valence-corrected chi connectivity index (χ1v) is 6.45. The largest absolute Gasteiger partial charge is 0.378 e. The fraction of sp³-hybridized carbons (Fsp3) is 0.429. The summed E-state index contributed by atoms with van der Waals surface area (Å²) >= 11 is 5.77. The van der Waals surface area contributed by atoms with Gasteiger partial charge in [0, 0.05) is 11.7 Å². The van der Waals surface area contributed by atoms with Crippen molar-refractivity contribution in [3.63, 3.8) is 0 Å². The summed E-state index contributed by atoms with van der Waals surface area (Å²) in [6.45, 7) is 5.01. The van der Waals surface area contributed by atoms with E-state index in [2.05, 4.69) is 23.6 Å². The fourth-order valence-corrected chi connectivity index (χ4v) is 1.87. The normalized spacial score (nSPS) is 13.5. The summed E-state index contributed by atoms with van der Waals surface area (Å²) < 4.78 is 13.1. The van der Waals surface area contributed by atoms with Gasteiger partial charge in [-0.25, -0.2) is 4.39 Å². The number of halogens is 2. The molecule has 0 aliphatic carbocycles. The van der Waals surface area contributed by atoms with Gasteiger partial charge in [-0.3, -0.25) is 0 Å². The number of nitrogens with one attached hydrogen (secondary N) is 2. The molecule has 0 aliphatic heterocycles. The molecule has 0 radical (unpaired) electrons. The molecule has 1 atom stereocenters. The van der Waals surface area contributed by atoms with Gasteiger partial charge >= 0.3 is 0 Å². The molecular weight excluding hydrogens is 251 g/mol. The molecule has 2 N–H and O–H groups in total. The van der Waals surface area contributed by atoms with Gasteiger partial charge in [0.05, 0.1) is 5.02 Å². The number of hydrogen-bond acceptors (Lipinski definition) is 2. The lowest BCUT2D eigenvalue weighted by atomic mass is 10.0. The van der Waals surface area contributed by atoms with Crippen LogP contribution in [0.15, 0.2) is 29.8 Å². The molecule has 0 spiro atoms. The maximum absolute atomic E-state index is 13.1. The predicted molar refractivity (Wildman–Crippen MR) is 76.8 cm³/mol. The van der Waals surface area contributed by atoms with Crippen molar-refractivity contribution < 1.29 is 4.39 Å². The van der Waals surface area contributed by atoms with Gasteiger partial charge in [0.2, 0.25) is 0 Å². The molecule has 1 aromatic rings. The summed E-state index contributed by atoms with van der Waals surface area (Å²) in [5.41, 5.74) is 2.09. The van der Waals surface area contributed by atoms with Gasteiger partial charge in [-0.15, -0.1) is 0 Å². The smallest absolute Gasteiger partial charge is 0.141 e. The summed E-state index contributed by atoms with van der Waals surface area (Å²) in [4.78, 5) is 0. The third-order valence-electron chi connectivity index (χ3n) is 2.95. The van der Waals surface area contributed by atoms with Gasteiger partial charge in [0.1, 0.15) is 5.82 Å². The van der Waals surface area contributed by atoms with Gasteiger partial charge in [0.25, 0.3) is 0 Å². The Morgan fingerprint density at radius 2 is 2.22 bits per heavy atom. The van der Waals surface area contributed by atoms with Crippen LogP contribution in [0.25, 0.3) is 0 Å². The molecule has 1 aromatic carbocycles. The van der Waals surface area contributed by atoms with E-state index >= 15 is 0 Å². The van der Waals surface area contributed by atoms with Crippen LogP contribution in [-0.4, -0.2) is 19.6 Å². The van der Waals surface area contributed by atoms with Crippen LogP contribution in [0.1, 0.15) is 20.3 Å². The first kappa shape index (κ1) is 15.0. The highest BCUT2D eigenvalue weighted by Crippen LogP contribution is 2.21. The first-order valence-electron chi connectivity index (χ1n) is 6.07.